The normalized spacial score (nSPS) is 20.7. The molecule has 21 heavy (non-hydrogen) atoms. The van der Waals surface area contributed by atoms with E-state index >= 15 is 0 Å². The molecule has 1 atom stereocenters. The van der Waals surface area contributed by atoms with Crippen LogP contribution in [0, 0.1) is 0 Å². The van der Waals surface area contributed by atoms with E-state index < -0.39 is 0 Å². The summed E-state index contributed by atoms with van der Waals surface area (Å²) in [5.74, 6) is 0.781. The molecule has 3 rings (SSSR count). The van der Waals surface area contributed by atoms with Gasteiger partial charge in [-0.25, -0.2) is 0 Å². The zero-order valence-corrected chi connectivity index (χ0v) is 12.7. The second-order valence-corrected chi connectivity index (χ2v) is 5.99. The van der Waals surface area contributed by atoms with Crippen LogP contribution in [0.3, 0.4) is 0 Å². The molecule has 0 bridgehead atoms. The van der Waals surface area contributed by atoms with E-state index in [4.69, 9.17) is 4.74 Å². The lowest BCUT2D eigenvalue weighted by Gasteiger charge is -2.26. The Morgan fingerprint density at radius 2 is 2.19 bits per heavy atom. The van der Waals surface area contributed by atoms with Gasteiger partial charge < -0.3 is 15.4 Å². The van der Waals surface area contributed by atoms with Crippen LogP contribution in [0.4, 0.5) is 0 Å². The molecule has 4 heteroatoms. The van der Waals surface area contributed by atoms with Gasteiger partial charge in [0.15, 0.2) is 6.61 Å². The molecule has 1 aromatic rings. The largest absolute Gasteiger partial charge is 0.484 e. The van der Waals surface area contributed by atoms with E-state index in [1.807, 2.05) is 6.07 Å². The zero-order chi connectivity index (χ0) is 14.7. The maximum Gasteiger partial charge on any atom is 0.258 e. The van der Waals surface area contributed by atoms with Crippen molar-refractivity contribution < 1.29 is 9.53 Å². The van der Waals surface area contributed by atoms with E-state index in [9.17, 15) is 4.79 Å². The Bertz CT molecular complexity index is 512. The molecule has 1 unspecified atom stereocenters. The molecule has 0 saturated heterocycles. The van der Waals surface area contributed by atoms with Crippen LogP contribution in [0.1, 0.15) is 49.8 Å². The second-order valence-electron chi connectivity index (χ2n) is 5.99. The summed E-state index contributed by atoms with van der Waals surface area (Å²) in [7, 11) is 0. The minimum Gasteiger partial charge on any atom is -0.484 e. The summed E-state index contributed by atoms with van der Waals surface area (Å²) >= 11 is 0. The Morgan fingerprint density at radius 1 is 1.33 bits per heavy atom. The van der Waals surface area contributed by atoms with Gasteiger partial charge >= 0.3 is 0 Å². The molecule has 2 aliphatic rings. The average Bonchev–Trinajstić information content (AvgIpc) is 3.30. The monoisotopic (exact) mass is 288 g/mol. The van der Waals surface area contributed by atoms with Gasteiger partial charge in [0.1, 0.15) is 5.75 Å². The Labute approximate surface area is 126 Å². The quantitative estimate of drug-likeness (QED) is 0.844. The van der Waals surface area contributed by atoms with E-state index in [-0.39, 0.29) is 12.5 Å². The molecule has 1 saturated carbocycles. The number of carbonyl (C=O) groups is 1. The third-order valence-corrected chi connectivity index (χ3v) is 4.19. The van der Waals surface area contributed by atoms with Crippen molar-refractivity contribution in [1.82, 2.24) is 10.6 Å². The fourth-order valence-corrected chi connectivity index (χ4v) is 2.97. The van der Waals surface area contributed by atoms with Crippen molar-refractivity contribution in [3.63, 3.8) is 0 Å². The Morgan fingerprint density at radius 3 is 2.95 bits per heavy atom. The zero-order valence-electron chi connectivity index (χ0n) is 12.7. The number of rotatable bonds is 6. The van der Waals surface area contributed by atoms with Gasteiger partial charge in [0, 0.05) is 12.1 Å². The first-order chi connectivity index (χ1) is 10.3. The summed E-state index contributed by atoms with van der Waals surface area (Å²) in [5.41, 5.74) is 2.74. The SMILES string of the molecule is CCNC1CCCc2ccc(OCC(=O)NC3CC3)cc21. The first-order valence-corrected chi connectivity index (χ1v) is 8.04. The van der Waals surface area contributed by atoms with Crippen molar-refractivity contribution >= 4 is 5.91 Å². The van der Waals surface area contributed by atoms with Crippen molar-refractivity contribution in [1.29, 1.82) is 0 Å². The van der Waals surface area contributed by atoms with Crippen LogP contribution in [0.25, 0.3) is 0 Å². The summed E-state index contributed by atoms with van der Waals surface area (Å²) in [6.45, 7) is 3.22. The fourth-order valence-electron chi connectivity index (χ4n) is 2.97. The molecule has 2 N–H and O–H groups in total. The maximum absolute atomic E-state index is 11.7. The van der Waals surface area contributed by atoms with Gasteiger partial charge in [0.25, 0.3) is 5.91 Å². The van der Waals surface area contributed by atoms with Crippen molar-refractivity contribution in [3.05, 3.63) is 29.3 Å². The van der Waals surface area contributed by atoms with Crippen LogP contribution < -0.4 is 15.4 Å². The summed E-state index contributed by atoms with van der Waals surface area (Å²) in [4.78, 5) is 11.7. The van der Waals surface area contributed by atoms with Gasteiger partial charge in [-0.1, -0.05) is 13.0 Å². The molecule has 0 spiro atoms. The van der Waals surface area contributed by atoms with Crippen molar-refractivity contribution in [2.45, 2.75) is 51.1 Å². The van der Waals surface area contributed by atoms with Crippen LogP contribution in [0.2, 0.25) is 0 Å². The van der Waals surface area contributed by atoms with Crippen molar-refractivity contribution in [3.8, 4) is 5.75 Å². The smallest absolute Gasteiger partial charge is 0.258 e. The summed E-state index contributed by atoms with van der Waals surface area (Å²) in [5, 5.41) is 6.47. The van der Waals surface area contributed by atoms with Gasteiger partial charge in [0.05, 0.1) is 0 Å². The molecule has 0 heterocycles. The lowest BCUT2D eigenvalue weighted by molar-refractivity contribution is -0.123. The predicted octanol–water partition coefficient (Wildman–Crippen LogP) is 2.33. The highest BCUT2D eigenvalue weighted by Crippen LogP contribution is 2.32. The molecule has 1 fully saturated rings. The number of fused-ring (bicyclic) bond motifs is 1. The summed E-state index contributed by atoms with van der Waals surface area (Å²) < 4.78 is 5.65. The number of nitrogens with one attached hydrogen (secondary N) is 2. The van der Waals surface area contributed by atoms with Crippen molar-refractivity contribution in [2.24, 2.45) is 0 Å². The Hall–Kier alpha value is -1.55. The number of aryl methyl sites for hydroxylation is 1. The number of hydrogen-bond acceptors (Lipinski definition) is 3. The summed E-state index contributed by atoms with van der Waals surface area (Å²) in [6.07, 6.45) is 5.75. The highest BCUT2D eigenvalue weighted by atomic mass is 16.5. The first kappa shape index (κ1) is 14.4. The molecule has 0 aromatic heterocycles. The van der Waals surface area contributed by atoms with Crippen LogP contribution in [-0.4, -0.2) is 25.1 Å². The molecular weight excluding hydrogens is 264 g/mol. The molecule has 0 aliphatic heterocycles. The van der Waals surface area contributed by atoms with Gasteiger partial charge in [-0.05, 0) is 61.9 Å². The number of ether oxygens (including phenoxy) is 1. The topological polar surface area (TPSA) is 50.4 Å². The third kappa shape index (κ3) is 3.76. The first-order valence-electron chi connectivity index (χ1n) is 8.04. The third-order valence-electron chi connectivity index (χ3n) is 4.19. The molecule has 4 nitrogen and oxygen atoms in total. The highest BCUT2D eigenvalue weighted by molar-refractivity contribution is 5.78. The van der Waals surface area contributed by atoms with Gasteiger partial charge in [-0.15, -0.1) is 0 Å². The summed E-state index contributed by atoms with van der Waals surface area (Å²) in [6, 6.07) is 7.04. The molecule has 0 radical (unpaired) electrons. The highest BCUT2D eigenvalue weighted by Gasteiger charge is 2.23. The van der Waals surface area contributed by atoms with Crippen LogP contribution >= 0.6 is 0 Å². The van der Waals surface area contributed by atoms with Gasteiger partial charge in [-0.3, -0.25) is 4.79 Å². The minimum absolute atomic E-state index is 0.0153. The average molecular weight is 288 g/mol. The lowest BCUT2D eigenvalue weighted by Crippen LogP contribution is -2.30. The van der Waals surface area contributed by atoms with E-state index in [0.717, 1.165) is 31.6 Å². The van der Waals surface area contributed by atoms with Gasteiger partial charge in [-0.2, -0.15) is 0 Å². The maximum atomic E-state index is 11.7. The number of hydrogen-bond donors (Lipinski definition) is 2. The number of amides is 1. The van der Waals surface area contributed by atoms with E-state index in [2.05, 4.69) is 29.7 Å². The van der Waals surface area contributed by atoms with Crippen molar-refractivity contribution in [2.75, 3.05) is 13.2 Å². The lowest BCUT2D eigenvalue weighted by atomic mass is 9.87. The fraction of sp³-hybridized carbons (Fsp3) is 0.588. The molecular formula is C17H24N2O2. The molecule has 2 aliphatic carbocycles. The van der Waals surface area contributed by atoms with E-state index in [0.29, 0.717) is 12.1 Å². The standard InChI is InChI=1S/C17H24N2O2/c1-2-18-16-5-3-4-12-6-9-14(10-15(12)16)21-11-17(20)19-13-7-8-13/h6,9-10,13,16,18H,2-5,7-8,11H2,1H3,(H,19,20). The molecule has 1 amide bonds. The molecule has 1 aromatic carbocycles. The number of benzene rings is 1. The van der Waals surface area contributed by atoms with Crippen LogP contribution in [0.15, 0.2) is 18.2 Å². The Balaban J connectivity index is 1.63. The minimum atomic E-state index is -0.0153. The van der Waals surface area contributed by atoms with Crippen LogP contribution in [-0.2, 0) is 11.2 Å². The van der Waals surface area contributed by atoms with E-state index in [1.165, 1.54) is 24.0 Å². The molecule has 114 valence electrons. The number of carbonyl (C=O) groups excluding carboxylic acids is 1. The Kier molecular flexibility index (Phi) is 4.44. The predicted molar refractivity (Wildman–Crippen MR) is 82.5 cm³/mol. The second kappa shape index (κ2) is 6.48. The van der Waals surface area contributed by atoms with Crippen LogP contribution in [0.5, 0.6) is 5.75 Å². The van der Waals surface area contributed by atoms with E-state index in [1.54, 1.807) is 0 Å². The van der Waals surface area contributed by atoms with Gasteiger partial charge in [0.2, 0.25) is 0 Å².